The number of aryl methyl sites for hydroxylation is 4. The van der Waals surface area contributed by atoms with Gasteiger partial charge in [-0.1, -0.05) is 72.8 Å². The average molecular weight is 727 g/mol. The van der Waals surface area contributed by atoms with Gasteiger partial charge in [-0.2, -0.15) is 0 Å². The molecule has 0 atom stereocenters. The fraction of sp³-hybridized carbons (Fsp3) is 0.350. The first-order valence-corrected chi connectivity index (χ1v) is 17.3. The standard InChI is InChI=1S/2C18H22N2.C4H9N3O2.ClH.Mg.2H/c2*1-19-13-6-14-20-17-9-4-2-7-15(17)11-12-16-8-3-5-10-18(16)20;1-7(4(5)6)2-3(8)9;;;;/h2*2-5,7-10,19H,6,11-14H2,1H3;2H2,1H3,(H3,5,6)(H,8,9);1H;;;/q;;;;+2;2*-1. The molecule has 11 heteroatoms. The van der Waals surface area contributed by atoms with E-state index in [1.165, 1.54) is 52.1 Å². The Hall–Kier alpha value is -3.80. The van der Waals surface area contributed by atoms with Gasteiger partial charge in [-0.25, -0.2) is 0 Å². The van der Waals surface area contributed by atoms with Gasteiger partial charge < -0.3 is 39.0 Å². The van der Waals surface area contributed by atoms with E-state index in [1.807, 2.05) is 14.1 Å². The van der Waals surface area contributed by atoms with E-state index in [0.29, 0.717) is 0 Å². The molecule has 0 bridgehead atoms. The van der Waals surface area contributed by atoms with Crippen LogP contribution in [-0.4, -0.2) is 98.9 Å². The van der Waals surface area contributed by atoms with Crippen LogP contribution in [0.25, 0.3) is 0 Å². The molecule has 0 fully saturated rings. The van der Waals surface area contributed by atoms with Crippen molar-refractivity contribution in [3.8, 4) is 0 Å². The normalized spacial score (nSPS) is 12.1. The summed E-state index contributed by atoms with van der Waals surface area (Å²) in [6, 6.07) is 35.3. The molecule has 0 spiro atoms. The minimum Gasteiger partial charge on any atom is -1.00 e. The first-order chi connectivity index (χ1) is 23.8. The number of hydrogen-bond donors (Lipinski definition) is 5. The van der Waals surface area contributed by atoms with Gasteiger partial charge >= 0.3 is 29.0 Å². The zero-order valence-corrected chi connectivity index (χ0v) is 32.6. The zero-order chi connectivity index (χ0) is 35.0. The number of halogens is 1. The molecule has 272 valence electrons. The Morgan fingerprint density at radius 2 is 1.00 bits per heavy atom. The van der Waals surface area contributed by atoms with Gasteiger partial charge in [0.2, 0.25) is 0 Å². The van der Waals surface area contributed by atoms with Gasteiger partial charge in [-0.15, -0.1) is 12.4 Å². The fourth-order valence-electron chi connectivity index (χ4n) is 6.34. The second-order valence-corrected chi connectivity index (χ2v) is 12.4. The SMILES string of the molecule is CN(CC(=O)O)C(=N)N.CNCCCN1c2ccccc2CCc2ccccc21.CNCCCN1c2ccccc2CCc2ccccc21.Cl.[H-].[H-].[Mg+2]. The van der Waals surface area contributed by atoms with Crippen molar-refractivity contribution in [2.75, 3.05) is 63.7 Å². The molecule has 4 aromatic carbocycles. The summed E-state index contributed by atoms with van der Waals surface area (Å²) in [5.74, 6) is -1.23. The minimum absolute atomic E-state index is 0. The summed E-state index contributed by atoms with van der Waals surface area (Å²) in [6.07, 6.45) is 6.84. The second-order valence-electron chi connectivity index (χ2n) is 12.4. The number of fused-ring (bicyclic) bond motifs is 4. The third-order valence-electron chi connectivity index (χ3n) is 8.86. The average Bonchev–Trinajstić information content (AvgIpc) is 3.37. The molecule has 51 heavy (non-hydrogen) atoms. The number of nitrogens with two attached hydrogens (primary N) is 1. The molecular formula is C40H56ClMgN7O2. The molecule has 0 radical (unpaired) electrons. The van der Waals surface area contributed by atoms with Crippen LogP contribution in [0.2, 0.25) is 0 Å². The molecule has 6 rings (SSSR count). The number of nitrogens with zero attached hydrogens (tertiary/aromatic N) is 3. The van der Waals surface area contributed by atoms with Crippen molar-refractivity contribution in [3.05, 3.63) is 119 Å². The minimum atomic E-state index is -0.993. The van der Waals surface area contributed by atoms with Crippen LogP contribution in [0, 0.1) is 5.41 Å². The molecule has 9 nitrogen and oxygen atoms in total. The molecule has 2 aliphatic heterocycles. The Morgan fingerprint density at radius 3 is 1.24 bits per heavy atom. The van der Waals surface area contributed by atoms with Gasteiger partial charge in [0, 0.05) is 42.9 Å². The van der Waals surface area contributed by atoms with E-state index in [1.54, 1.807) is 0 Å². The molecule has 4 aromatic rings. The number of para-hydroxylation sites is 4. The van der Waals surface area contributed by atoms with Gasteiger partial charge in [0.15, 0.2) is 5.96 Å². The topological polar surface area (TPSA) is 121 Å². The second kappa shape index (κ2) is 22.9. The molecule has 0 amide bonds. The van der Waals surface area contributed by atoms with Gasteiger partial charge in [0.05, 0.1) is 0 Å². The smallest absolute Gasteiger partial charge is 1.00 e. The largest absolute Gasteiger partial charge is 2.00 e. The Labute approximate surface area is 329 Å². The number of likely N-dealkylation sites (N-methyl/N-ethyl adjacent to an activating group) is 1. The summed E-state index contributed by atoms with van der Waals surface area (Å²) < 4.78 is 0. The van der Waals surface area contributed by atoms with Crippen molar-refractivity contribution in [1.29, 1.82) is 5.41 Å². The third-order valence-corrected chi connectivity index (χ3v) is 8.86. The fourth-order valence-corrected chi connectivity index (χ4v) is 6.34. The number of benzene rings is 4. The van der Waals surface area contributed by atoms with Crippen molar-refractivity contribution in [3.63, 3.8) is 0 Å². The Morgan fingerprint density at radius 1 is 0.706 bits per heavy atom. The number of carboxylic acids is 1. The Bertz CT molecular complexity index is 1470. The van der Waals surface area contributed by atoms with E-state index in [-0.39, 0.29) is 50.8 Å². The monoisotopic (exact) mass is 725 g/mol. The molecule has 0 saturated carbocycles. The van der Waals surface area contributed by atoms with Crippen molar-refractivity contribution < 1.29 is 12.8 Å². The van der Waals surface area contributed by atoms with Crippen LogP contribution in [0.1, 0.15) is 37.9 Å². The van der Waals surface area contributed by atoms with Crippen molar-refractivity contribution in [2.24, 2.45) is 5.73 Å². The van der Waals surface area contributed by atoms with E-state index >= 15 is 0 Å². The maximum atomic E-state index is 9.92. The van der Waals surface area contributed by atoms with E-state index in [0.717, 1.165) is 69.6 Å². The molecule has 0 aromatic heterocycles. The summed E-state index contributed by atoms with van der Waals surface area (Å²) in [4.78, 5) is 16.0. The first-order valence-electron chi connectivity index (χ1n) is 17.3. The van der Waals surface area contributed by atoms with E-state index in [2.05, 4.69) is 117 Å². The van der Waals surface area contributed by atoms with Crippen LogP contribution in [0.4, 0.5) is 22.7 Å². The number of carboxylic acid groups (broad SMARTS) is 1. The quantitative estimate of drug-likeness (QED) is 0.0565. The maximum absolute atomic E-state index is 9.92. The summed E-state index contributed by atoms with van der Waals surface area (Å²) >= 11 is 0. The first kappa shape index (κ1) is 43.4. The van der Waals surface area contributed by atoms with Crippen LogP contribution in [-0.2, 0) is 30.5 Å². The number of anilines is 4. The van der Waals surface area contributed by atoms with Gasteiger partial charge in [-0.3, -0.25) is 10.2 Å². The maximum Gasteiger partial charge on any atom is 2.00 e. The van der Waals surface area contributed by atoms with Crippen LogP contribution in [0.5, 0.6) is 0 Å². The van der Waals surface area contributed by atoms with E-state index in [4.69, 9.17) is 16.2 Å². The molecule has 0 aliphatic carbocycles. The van der Waals surface area contributed by atoms with Crippen molar-refractivity contribution >= 4 is 70.1 Å². The van der Waals surface area contributed by atoms with Crippen LogP contribution < -0.4 is 26.2 Å². The van der Waals surface area contributed by atoms with E-state index in [9.17, 15) is 4.79 Å². The van der Waals surface area contributed by atoms with Gasteiger partial charge in [0.25, 0.3) is 0 Å². The molecule has 2 aliphatic rings. The van der Waals surface area contributed by atoms with Crippen molar-refractivity contribution in [1.82, 2.24) is 15.5 Å². The predicted octanol–water partition coefficient (Wildman–Crippen LogP) is 6.23. The van der Waals surface area contributed by atoms with Crippen LogP contribution >= 0.6 is 12.4 Å². The molecule has 0 saturated heterocycles. The number of guanidine groups is 1. The predicted molar refractivity (Wildman–Crippen MR) is 219 cm³/mol. The summed E-state index contributed by atoms with van der Waals surface area (Å²) in [7, 11) is 5.48. The van der Waals surface area contributed by atoms with Crippen LogP contribution in [0.15, 0.2) is 97.1 Å². The summed E-state index contributed by atoms with van der Waals surface area (Å²) in [6.45, 7) is 4.01. The molecule has 6 N–H and O–H groups in total. The molecular weight excluding hydrogens is 670 g/mol. The summed E-state index contributed by atoms with van der Waals surface area (Å²) in [5, 5.41) is 21.4. The van der Waals surface area contributed by atoms with Crippen molar-refractivity contribution in [2.45, 2.75) is 38.5 Å². The van der Waals surface area contributed by atoms with Gasteiger partial charge in [-0.05, 0) is 112 Å². The Kier molecular flexibility index (Phi) is 19.5. The number of nitrogens with one attached hydrogen (secondary N) is 3. The molecule has 0 unspecified atom stereocenters. The number of hydrogen-bond acceptors (Lipinski definition) is 6. The number of aliphatic carboxylic acids is 1. The summed E-state index contributed by atoms with van der Waals surface area (Å²) in [5.41, 5.74) is 16.3. The Balaban J connectivity index is 0.000000788. The number of rotatable bonds is 10. The third kappa shape index (κ3) is 12.7. The van der Waals surface area contributed by atoms with Gasteiger partial charge in [0.1, 0.15) is 6.54 Å². The van der Waals surface area contributed by atoms with Crippen LogP contribution in [0.3, 0.4) is 0 Å². The van der Waals surface area contributed by atoms with E-state index < -0.39 is 5.97 Å². The number of carbonyl (C=O) groups is 1. The zero-order valence-electron chi connectivity index (χ0n) is 32.4. The molecule has 2 heterocycles.